The van der Waals surface area contributed by atoms with Crippen molar-refractivity contribution in [1.82, 2.24) is 15.6 Å². The zero-order valence-electron chi connectivity index (χ0n) is 15.1. The Bertz CT molecular complexity index is 673. The molecule has 0 saturated carbocycles. The third kappa shape index (κ3) is 5.41. The van der Waals surface area contributed by atoms with Crippen LogP contribution in [0, 0.1) is 0 Å². The number of aliphatic imine (C=N–C) groups is 1. The number of aromatic nitrogens is 1. The molecule has 140 valence electrons. The second-order valence-electron chi connectivity index (χ2n) is 6.36. The molecule has 0 spiro atoms. The average Bonchev–Trinajstić information content (AvgIpc) is 2.70. The van der Waals surface area contributed by atoms with E-state index in [0.717, 1.165) is 44.3 Å². The Morgan fingerprint density at radius 3 is 2.46 bits per heavy atom. The van der Waals surface area contributed by atoms with E-state index < -0.39 is 0 Å². The molecule has 1 aliphatic heterocycles. The molecular formula is C20H27IN4O. The number of rotatable bonds is 5. The van der Waals surface area contributed by atoms with Crippen LogP contribution in [0.4, 0.5) is 0 Å². The third-order valence-corrected chi connectivity index (χ3v) is 4.82. The van der Waals surface area contributed by atoms with Crippen LogP contribution in [0.2, 0.25) is 0 Å². The van der Waals surface area contributed by atoms with Gasteiger partial charge in [0, 0.05) is 38.4 Å². The highest BCUT2D eigenvalue weighted by Gasteiger charge is 2.34. The first-order valence-corrected chi connectivity index (χ1v) is 8.80. The summed E-state index contributed by atoms with van der Waals surface area (Å²) in [5, 5.41) is 6.84. The lowest BCUT2D eigenvalue weighted by atomic mass is 9.74. The third-order valence-electron chi connectivity index (χ3n) is 4.82. The number of nitrogens with zero attached hydrogens (tertiary/aromatic N) is 2. The Labute approximate surface area is 172 Å². The molecular weight excluding hydrogens is 439 g/mol. The highest BCUT2D eigenvalue weighted by Crippen LogP contribution is 2.34. The number of benzene rings is 1. The molecule has 0 aliphatic carbocycles. The minimum absolute atomic E-state index is 0. The normalized spacial score (nSPS) is 16.4. The smallest absolute Gasteiger partial charge is 0.191 e. The fraction of sp³-hybridized carbons (Fsp3) is 0.400. The maximum Gasteiger partial charge on any atom is 0.191 e. The molecule has 2 N–H and O–H groups in total. The van der Waals surface area contributed by atoms with Crippen molar-refractivity contribution in [3.63, 3.8) is 0 Å². The summed E-state index contributed by atoms with van der Waals surface area (Å²) in [4.78, 5) is 8.68. The summed E-state index contributed by atoms with van der Waals surface area (Å²) in [6.07, 6.45) is 3.84. The van der Waals surface area contributed by atoms with Gasteiger partial charge in [0.1, 0.15) is 0 Å². The van der Waals surface area contributed by atoms with Crippen molar-refractivity contribution in [2.45, 2.75) is 24.8 Å². The van der Waals surface area contributed by atoms with Crippen LogP contribution in [0.3, 0.4) is 0 Å². The molecule has 1 saturated heterocycles. The molecule has 0 radical (unpaired) electrons. The first-order chi connectivity index (χ1) is 12.3. The van der Waals surface area contributed by atoms with E-state index in [2.05, 4.69) is 50.9 Å². The van der Waals surface area contributed by atoms with E-state index in [1.807, 2.05) is 18.2 Å². The van der Waals surface area contributed by atoms with E-state index in [9.17, 15) is 0 Å². The number of pyridine rings is 1. The molecule has 5 nitrogen and oxygen atoms in total. The highest BCUT2D eigenvalue weighted by atomic mass is 127. The molecule has 0 bridgehead atoms. The molecule has 6 heteroatoms. The molecule has 3 rings (SSSR count). The van der Waals surface area contributed by atoms with Gasteiger partial charge < -0.3 is 15.4 Å². The summed E-state index contributed by atoms with van der Waals surface area (Å²) in [6, 6.07) is 16.6. The van der Waals surface area contributed by atoms with Crippen LogP contribution in [0.1, 0.15) is 24.1 Å². The molecule has 0 amide bonds. The van der Waals surface area contributed by atoms with Crippen LogP contribution in [0.25, 0.3) is 0 Å². The van der Waals surface area contributed by atoms with Gasteiger partial charge in [-0.05, 0) is 30.5 Å². The predicted molar refractivity (Wildman–Crippen MR) is 116 cm³/mol. The van der Waals surface area contributed by atoms with Crippen molar-refractivity contribution in [3.8, 4) is 0 Å². The number of halogens is 1. The SMILES string of the molecule is CN=C(NCc1ccccn1)NCC1(c2ccccc2)CCOCC1.I. The summed E-state index contributed by atoms with van der Waals surface area (Å²) in [5.74, 6) is 0.799. The standard InChI is InChI=1S/C20H26N4O.HI/c1-21-19(23-15-18-9-5-6-12-22-18)24-16-20(10-13-25-14-11-20)17-7-3-2-4-8-17;/h2-9,12H,10-11,13-16H2,1H3,(H2,21,23,24);1H. The zero-order chi connectivity index (χ0) is 17.4. The van der Waals surface area contributed by atoms with Gasteiger partial charge in [-0.15, -0.1) is 24.0 Å². The van der Waals surface area contributed by atoms with Crippen molar-refractivity contribution in [1.29, 1.82) is 0 Å². The lowest BCUT2D eigenvalue weighted by molar-refractivity contribution is 0.0514. The van der Waals surface area contributed by atoms with Crippen molar-refractivity contribution in [2.24, 2.45) is 4.99 Å². The quantitative estimate of drug-likeness (QED) is 0.404. The summed E-state index contributed by atoms with van der Waals surface area (Å²) in [6.45, 7) is 3.09. The van der Waals surface area contributed by atoms with Gasteiger partial charge in [-0.2, -0.15) is 0 Å². The molecule has 1 fully saturated rings. The van der Waals surface area contributed by atoms with Crippen LogP contribution in [-0.4, -0.2) is 37.7 Å². The van der Waals surface area contributed by atoms with Gasteiger partial charge in [0.05, 0.1) is 12.2 Å². The molecule has 0 atom stereocenters. The predicted octanol–water partition coefficient (Wildman–Crippen LogP) is 3.11. The van der Waals surface area contributed by atoms with Gasteiger partial charge in [-0.1, -0.05) is 36.4 Å². The van der Waals surface area contributed by atoms with Gasteiger partial charge in [-0.25, -0.2) is 0 Å². The van der Waals surface area contributed by atoms with E-state index in [1.165, 1.54) is 5.56 Å². The maximum atomic E-state index is 5.60. The van der Waals surface area contributed by atoms with E-state index >= 15 is 0 Å². The van der Waals surface area contributed by atoms with Crippen LogP contribution < -0.4 is 10.6 Å². The molecule has 2 heterocycles. The van der Waals surface area contributed by atoms with Gasteiger partial charge in [0.25, 0.3) is 0 Å². The minimum Gasteiger partial charge on any atom is -0.381 e. The van der Waals surface area contributed by atoms with Gasteiger partial charge in [-0.3, -0.25) is 9.98 Å². The lowest BCUT2D eigenvalue weighted by Gasteiger charge is -2.38. The Morgan fingerprint density at radius 1 is 1.08 bits per heavy atom. The summed E-state index contributed by atoms with van der Waals surface area (Å²) in [7, 11) is 1.80. The molecule has 1 aliphatic rings. The summed E-state index contributed by atoms with van der Waals surface area (Å²) >= 11 is 0. The summed E-state index contributed by atoms with van der Waals surface area (Å²) in [5.41, 5.74) is 2.45. The maximum absolute atomic E-state index is 5.60. The number of nitrogens with one attached hydrogen (secondary N) is 2. The molecule has 0 unspecified atom stereocenters. The van der Waals surface area contributed by atoms with Crippen molar-refractivity contribution in [3.05, 3.63) is 66.0 Å². The fourth-order valence-electron chi connectivity index (χ4n) is 3.27. The van der Waals surface area contributed by atoms with E-state index in [0.29, 0.717) is 6.54 Å². The van der Waals surface area contributed by atoms with Crippen LogP contribution in [0.5, 0.6) is 0 Å². The van der Waals surface area contributed by atoms with Crippen LogP contribution in [0.15, 0.2) is 59.7 Å². The van der Waals surface area contributed by atoms with Crippen molar-refractivity contribution >= 4 is 29.9 Å². The lowest BCUT2D eigenvalue weighted by Crippen LogP contribution is -2.47. The van der Waals surface area contributed by atoms with Gasteiger partial charge in [0.15, 0.2) is 5.96 Å². The monoisotopic (exact) mass is 466 g/mol. The molecule has 1 aromatic carbocycles. The first kappa shape index (κ1) is 20.6. The van der Waals surface area contributed by atoms with Crippen molar-refractivity contribution in [2.75, 3.05) is 26.8 Å². The number of guanidine groups is 1. The van der Waals surface area contributed by atoms with E-state index in [-0.39, 0.29) is 29.4 Å². The average molecular weight is 466 g/mol. The van der Waals surface area contributed by atoms with Gasteiger partial charge >= 0.3 is 0 Å². The van der Waals surface area contributed by atoms with Crippen LogP contribution in [-0.2, 0) is 16.7 Å². The Hall–Kier alpha value is -1.67. The number of hydrogen-bond donors (Lipinski definition) is 2. The second kappa shape index (κ2) is 10.5. The Balaban J connectivity index is 0.00000243. The highest BCUT2D eigenvalue weighted by molar-refractivity contribution is 14.0. The molecule has 2 aromatic rings. The van der Waals surface area contributed by atoms with E-state index in [4.69, 9.17) is 4.74 Å². The molecule has 26 heavy (non-hydrogen) atoms. The topological polar surface area (TPSA) is 58.5 Å². The largest absolute Gasteiger partial charge is 0.381 e. The van der Waals surface area contributed by atoms with Crippen molar-refractivity contribution < 1.29 is 4.74 Å². The fourth-order valence-corrected chi connectivity index (χ4v) is 3.27. The van der Waals surface area contributed by atoms with Gasteiger partial charge in [0.2, 0.25) is 0 Å². The Morgan fingerprint density at radius 2 is 1.81 bits per heavy atom. The summed E-state index contributed by atoms with van der Waals surface area (Å²) < 4.78 is 5.60. The second-order valence-corrected chi connectivity index (χ2v) is 6.36. The van der Waals surface area contributed by atoms with Crippen LogP contribution >= 0.6 is 24.0 Å². The van der Waals surface area contributed by atoms with E-state index in [1.54, 1.807) is 13.2 Å². The Kier molecular flexibility index (Phi) is 8.31. The minimum atomic E-state index is 0. The molecule has 1 aromatic heterocycles. The number of hydrogen-bond acceptors (Lipinski definition) is 3. The zero-order valence-corrected chi connectivity index (χ0v) is 17.5. The first-order valence-electron chi connectivity index (χ1n) is 8.80. The number of ether oxygens (including phenoxy) is 1.